The van der Waals surface area contributed by atoms with Gasteiger partial charge in [-0.25, -0.2) is 0 Å². The van der Waals surface area contributed by atoms with E-state index in [1.165, 1.54) is 14.0 Å². The summed E-state index contributed by atoms with van der Waals surface area (Å²) in [6.45, 7) is 1.57. The number of aromatic hydroxyl groups is 1. The Morgan fingerprint density at radius 1 is 1.03 bits per heavy atom. The lowest BCUT2D eigenvalue weighted by Gasteiger charge is -2.16. The van der Waals surface area contributed by atoms with E-state index in [0.717, 1.165) is 20.9 Å². The summed E-state index contributed by atoms with van der Waals surface area (Å²) in [5.41, 5.74) is 0.515. The maximum absolute atomic E-state index is 13.6. The van der Waals surface area contributed by atoms with Crippen molar-refractivity contribution in [2.24, 2.45) is 0 Å². The third kappa shape index (κ3) is 4.22. The molecule has 4 aromatic rings. The molecule has 176 valence electrons. The molecule has 7 nitrogen and oxygen atoms in total. The van der Waals surface area contributed by atoms with Crippen LogP contribution in [0.1, 0.15) is 32.6 Å². The third-order valence-electron chi connectivity index (χ3n) is 6.13. The molecule has 0 aliphatic rings. The van der Waals surface area contributed by atoms with E-state index in [9.17, 15) is 20.0 Å². The van der Waals surface area contributed by atoms with Crippen molar-refractivity contribution in [3.05, 3.63) is 98.8 Å². The van der Waals surface area contributed by atoms with Gasteiger partial charge in [-0.05, 0) is 47.4 Å². The second-order valence-corrected chi connectivity index (χ2v) is 8.06. The Balaban J connectivity index is 1.80. The molecule has 0 atom stereocenters. The smallest absolute Gasteiger partial charge is 0.271 e. The standard InChI is InChI=1S/C28H24N2O5/c1-17-22(16-29)27(32)30(14-13-18-11-12-23(34-2)24(15-18)35-3)28(33)25(17)26(31)21-10-6-8-19-7-4-5-9-20(19)21/h4-12,15,33H,13-14H2,1-3H3. The zero-order valence-electron chi connectivity index (χ0n) is 19.7. The quantitative estimate of drug-likeness (QED) is 0.404. The van der Waals surface area contributed by atoms with E-state index >= 15 is 0 Å². The fourth-order valence-electron chi connectivity index (χ4n) is 4.27. The van der Waals surface area contributed by atoms with Gasteiger partial charge in [-0.15, -0.1) is 0 Å². The second kappa shape index (κ2) is 9.74. The number of methoxy groups -OCH3 is 2. The molecule has 1 aromatic heterocycles. The first-order chi connectivity index (χ1) is 16.9. The Morgan fingerprint density at radius 2 is 1.74 bits per heavy atom. The predicted octanol–water partition coefficient (Wildman–Crippen LogP) is 4.38. The van der Waals surface area contributed by atoms with Crippen molar-refractivity contribution in [3.8, 4) is 23.4 Å². The molecule has 0 unspecified atom stereocenters. The highest BCUT2D eigenvalue weighted by Gasteiger charge is 2.25. The van der Waals surface area contributed by atoms with Gasteiger partial charge in [0.2, 0.25) is 5.88 Å². The van der Waals surface area contributed by atoms with Crippen LogP contribution in [0.15, 0.2) is 65.5 Å². The SMILES string of the molecule is COc1ccc(CCn2c(O)c(C(=O)c3cccc4ccccc34)c(C)c(C#N)c2=O)cc1OC. The van der Waals surface area contributed by atoms with Crippen LogP contribution in [0.2, 0.25) is 0 Å². The van der Waals surface area contributed by atoms with Crippen LogP contribution in [0.25, 0.3) is 10.8 Å². The Bertz CT molecular complexity index is 1540. The van der Waals surface area contributed by atoms with Gasteiger partial charge in [-0.1, -0.05) is 48.5 Å². The van der Waals surface area contributed by atoms with E-state index in [1.807, 2.05) is 42.5 Å². The number of hydrogen-bond acceptors (Lipinski definition) is 6. The highest BCUT2D eigenvalue weighted by molar-refractivity contribution is 6.18. The molecule has 0 bridgehead atoms. The molecule has 0 saturated carbocycles. The van der Waals surface area contributed by atoms with E-state index in [0.29, 0.717) is 23.5 Å². The van der Waals surface area contributed by atoms with Crippen LogP contribution in [-0.4, -0.2) is 29.7 Å². The number of aromatic nitrogens is 1. The zero-order chi connectivity index (χ0) is 25.1. The summed E-state index contributed by atoms with van der Waals surface area (Å²) < 4.78 is 11.7. The van der Waals surface area contributed by atoms with Gasteiger partial charge in [0, 0.05) is 12.1 Å². The maximum atomic E-state index is 13.6. The number of hydrogen-bond donors (Lipinski definition) is 1. The van der Waals surface area contributed by atoms with Gasteiger partial charge in [-0.3, -0.25) is 14.2 Å². The zero-order valence-corrected chi connectivity index (χ0v) is 19.7. The molecule has 0 amide bonds. The van der Waals surface area contributed by atoms with Crippen molar-refractivity contribution in [1.29, 1.82) is 5.26 Å². The van der Waals surface area contributed by atoms with Crippen molar-refractivity contribution in [2.45, 2.75) is 19.9 Å². The van der Waals surface area contributed by atoms with Crippen molar-refractivity contribution in [3.63, 3.8) is 0 Å². The Hall–Kier alpha value is -4.57. The average molecular weight is 469 g/mol. The minimum Gasteiger partial charge on any atom is -0.494 e. The van der Waals surface area contributed by atoms with Gasteiger partial charge in [0.15, 0.2) is 17.3 Å². The first-order valence-electron chi connectivity index (χ1n) is 11.0. The van der Waals surface area contributed by atoms with Crippen molar-refractivity contribution in [2.75, 3.05) is 14.2 Å². The number of ketones is 1. The van der Waals surface area contributed by atoms with E-state index in [4.69, 9.17) is 9.47 Å². The number of carbonyl (C=O) groups excluding carboxylic acids is 1. The van der Waals surface area contributed by atoms with Gasteiger partial charge < -0.3 is 14.6 Å². The average Bonchev–Trinajstić information content (AvgIpc) is 2.88. The largest absolute Gasteiger partial charge is 0.494 e. The topological polar surface area (TPSA) is 102 Å². The molecule has 1 heterocycles. The number of nitrogens with zero attached hydrogens (tertiary/aromatic N) is 2. The number of carbonyl (C=O) groups is 1. The lowest BCUT2D eigenvalue weighted by atomic mass is 9.94. The first kappa shape index (κ1) is 23.6. The second-order valence-electron chi connectivity index (χ2n) is 8.06. The normalized spacial score (nSPS) is 10.7. The van der Waals surface area contributed by atoms with Crippen molar-refractivity contribution in [1.82, 2.24) is 4.57 Å². The predicted molar refractivity (Wildman–Crippen MR) is 132 cm³/mol. The van der Waals surface area contributed by atoms with Crippen LogP contribution in [-0.2, 0) is 13.0 Å². The molecule has 0 spiro atoms. The van der Waals surface area contributed by atoms with Crippen molar-refractivity contribution < 1.29 is 19.4 Å². The van der Waals surface area contributed by atoms with Crippen LogP contribution in [0.5, 0.6) is 17.4 Å². The summed E-state index contributed by atoms with van der Waals surface area (Å²) in [5.74, 6) is 0.203. The number of aryl methyl sites for hydroxylation is 1. The monoisotopic (exact) mass is 468 g/mol. The maximum Gasteiger partial charge on any atom is 0.271 e. The minimum atomic E-state index is -0.641. The summed E-state index contributed by atoms with van der Waals surface area (Å²) in [7, 11) is 3.07. The summed E-state index contributed by atoms with van der Waals surface area (Å²) >= 11 is 0. The van der Waals surface area contributed by atoms with Crippen molar-refractivity contribution >= 4 is 16.6 Å². The molecule has 1 N–H and O–H groups in total. The van der Waals surface area contributed by atoms with E-state index in [1.54, 1.807) is 31.4 Å². The molecule has 4 rings (SSSR count). The lowest BCUT2D eigenvalue weighted by Crippen LogP contribution is -2.27. The lowest BCUT2D eigenvalue weighted by molar-refractivity contribution is 0.103. The number of rotatable bonds is 7. The minimum absolute atomic E-state index is 0.0511. The van der Waals surface area contributed by atoms with E-state index < -0.39 is 17.2 Å². The molecule has 7 heteroatoms. The number of benzene rings is 3. The first-order valence-corrected chi connectivity index (χ1v) is 11.0. The summed E-state index contributed by atoms with van der Waals surface area (Å²) in [6.07, 6.45) is 0.351. The summed E-state index contributed by atoms with van der Waals surface area (Å²) in [4.78, 5) is 26.7. The molecule has 0 aliphatic carbocycles. The molecule has 0 radical (unpaired) electrons. The molecule has 0 aliphatic heterocycles. The molecule has 0 saturated heterocycles. The highest BCUT2D eigenvalue weighted by atomic mass is 16.5. The molecular formula is C28H24N2O5. The summed E-state index contributed by atoms with van der Waals surface area (Å²) in [6, 6.07) is 20.0. The van der Waals surface area contributed by atoms with Crippen LogP contribution in [0.4, 0.5) is 0 Å². The van der Waals surface area contributed by atoms with Crippen LogP contribution in [0.3, 0.4) is 0 Å². The summed E-state index contributed by atoms with van der Waals surface area (Å²) in [5, 5.41) is 22.4. The number of fused-ring (bicyclic) bond motifs is 1. The van der Waals surface area contributed by atoms with Crippen LogP contribution in [0, 0.1) is 18.3 Å². The van der Waals surface area contributed by atoms with E-state index in [-0.39, 0.29) is 23.2 Å². The number of pyridine rings is 1. The highest BCUT2D eigenvalue weighted by Crippen LogP contribution is 2.30. The molecule has 35 heavy (non-hydrogen) atoms. The number of ether oxygens (including phenoxy) is 2. The Kier molecular flexibility index (Phi) is 6.56. The molecular weight excluding hydrogens is 444 g/mol. The van der Waals surface area contributed by atoms with E-state index in [2.05, 4.69) is 0 Å². The van der Waals surface area contributed by atoms with Gasteiger partial charge in [0.1, 0.15) is 11.6 Å². The van der Waals surface area contributed by atoms with Gasteiger partial charge in [0.25, 0.3) is 5.56 Å². The fourth-order valence-corrected chi connectivity index (χ4v) is 4.27. The Morgan fingerprint density at radius 3 is 2.46 bits per heavy atom. The van der Waals surface area contributed by atoms with Gasteiger partial charge >= 0.3 is 0 Å². The number of nitriles is 1. The fraction of sp³-hybridized carbons (Fsp3) is 0.179. The third-order valence-corrected chi connectivity index (χ3v) is 6.13. The van der Waals surface area contributed by atoms with Crippen LogP contribution < -0.4 is 15.0 Å². The Labute approximate surface area is 202 Å². The van der Waals surface area contributed by atoms with Crippen LogP contribution >= 0.6 is 0 Å². The molecule has 3 aromatic carbocycles. The van der Waals surface area contributed by atoms with Gasteiger partial charge in [0.05, 0.1) is 19.8 Å². The van der Waals surface area contributed by atoms with Gasteiger partial charge in [-0.2, -0.15) is 5.26 Å². The molecule has 0 fully saturated rings.